The third kappa shape index (κ3) is 4.75. The van der Waals surface area contributed by atoms with Gasteiger partial charge in [0.15, 0.2) is 17.1 Å². The van der Waals surface area contributed by atoms with E-state index >= 15 is 0 Å². The van der Waals surface area contributed by atoms with Crippen molar-refractivity contribution in [2.24, 2.45) is 5.73 Å². The second-order valence-electron chi connectivity index (χ2n) is 7.51. The zero-order valence-electron chi connectivity index (χ0n) is 18.2. The van der Waals surface area contributed by atoms with E-state index in [1.165, 1.54) is 6.08 Å². The molecule has 2 aromatic carbocycles. The molecule has 0 unspecified atom stereocenters. The van der Waals surface area contributed by atoms with Gasteiger partial charge in [-0.25, -0.2) is 0 Å². The second kappa shape index (κ2) is 10.1. The van der Waals surface area contributed by atoms with Crippen LogP contribution in [0.15, 0.2) is 71.6 Å². The van der Waals surface area contributed by atoms with E-state index in [-0.39, 0.29) is 16.8 Å². The summed E-state index contributed by atoms with van der Waals surface area (Å²) < 4.78 is 13.3. The number of nitrogens with zero attached hydrogens (tertiary/aromatic N) is 5. The molecule has 166 valence electrons. The molecule has 0 saturated heterocycles. The Morgan fingerprint density at radius 2 is 1.74 bits per heavy atom. The van der Waals surface area contributed by atoms with Gasteiger partial charge in [-0.15, -0.1) is 0 Å². The van der Waals surface area contributed by atoms with E-state index in [9.17, 15) is 5.26 Å². The van der Waals surface area contributed by atoms with Gasteiger partial charge < -0.3 is 15.2 Å². The van der Waals surface area contributed by atoms with E-state index in [4.69, 9.17) is 30.8 Å². The predicted molar refractivity (Wildman–Crippen MR) is 125 cm³/mol. The molecule has 0 radical (unpaired) electrons. The summed E-state index contributed by atoms with van der Waals surface area (Å²) in [6.45, 7) is 1.65. The van der Waals surface area contributed by atoms with Gasteiger partial charge in [-0.05, 0) is 29.8 Å². The first-order valence-electron chi connectivity index (χ1n) is 10.6. The highest BCUT2D eigenvalue weighted by molar-refractivity contribution is 5.77. The number of allylic oxidation sites excluding steroid dienone is 2. The van der Waals surface area contributed by atoms with Gasteiger partial charge in [0.1, 0.15) is 18.2 Å². The lowest BCUT2D eigenvalue weighted by molar-refractivity contribution is 0.297. The van der Waals surface area contributed by atoms with Crippen molar-refractivity contribution in [2.45, 2.75) is 13.0 Å². The summed E-state index contributed by atoms with van der Waals surface area (Å²) in [5, 5.41) is 32.7. The zero-order chi connectivity index (χ0) is 23.9. The van der Waals surface area contributed by atoms with Crippen molar-refractivity contribution >= 4 is 6.08 Å². The first-order valence-corrected chi connectivity index (χ1v) is 10.6. The molecule has 0 atom stereocenters. The van der Waals surface area contributed by atoms with Gasteiger partial charge in [0, 0.05) is 23.7 Å². The molecule has 3 aromatic rings. The Morgan fingerprint density at radius 3 is 2.44 bits per heavy atom. The number of nitrogens with two attached hydrogens (primary N) is 1. The van der Waals surface area contributed by atoms with Gasteiger partial charge in [-0.2, -0.15) is 20.9 Å². The standard InChI is InChI=1S/C26H20N6O2/c27-13-20(25(30)22(14-28)15-29)11-21-17-32(16-18-5-2-1-3-6-18)31-26(21)19-7-8-23-24(12-19)34-10-4-9-33-23/h1-3,5-8,11-12,17H,4,9-10,16,30H2/b20-11-. The van der Waals surface area contributed by atoms with Crippen molar-refractivity contribution in [3.63, 3.8) is 0 Å². The van der Waals surface area contributed by atoms with E-state index in [2.05, 4.69) is 0 Å². The number of hydrogen-bond acceptors (Lipinski definition) is 7. The van der Waals surface area contributed by atoms with Gasteiger partial charge in [-0.3, -0.25) is 4.68 Å². The summed E-state index contributed by atoms with van der Waals surface area (Å²) in [6, 6.07) is 20.9. The van der Waals surface area contributed by atoms with Crippen molar-refractivity contribution in [2.75, 3.05) is 13.2 Å². The molecule has 1 aliphatic rings. The van der Waals surface area contributed by atoms with Crippen LogP contribution >= 0.6 is 0 Å². The second-order valence-corrected chi connectivity index (χ2v) is 7.51. The highest BCUT2D eigenvalue weighted by atomic mass is 16.5. The molecule has 0 bridgehead atoms. The molecule has 4 rings (SSSR count). The molecule has 1 aliphatic heterocycles. The Labute approximate surface area is 197 Å². The van der Waals surface area contributed by atoms with Crippen LogP contribution in [0, 0.1) is 34.0 Å². The molecule has 8 heteroatoms. The number of hydrogen-bond donors (Lipinski definition) is 1. The van der Waals surface area contributed by atoms with Crippen LogP contribution in [-0.2, 0) is 6.54 Å². The Bertz CT molecular complexity index is 1380. The highest BCUT2D eigenvalue weighted by Crippen LogP contribution is 2.35. The quantitative estimate of drug-likeness (QED) is 0.462. The summed E-state index contributed by atoms with van der Waals surface area (Å²) in [5.41, 5.74) is 8.50. The van der Waals surface area contributed by atoms with Crippen LogP contribution in [0.2, 0.25) is 0 Å². The van der Waals surface area contributed by atoms with Crippen LogP contribution in [-0.4, -0.2) is 23.0 Å². The van der Waals surface area contributed by atoms with Crippen molar-refractivity contribution in [3.8, 4) is 41.0 Å². The Kier molecular flexibility index (Phi) is 6.58. The van der Waals surface area contributed by atoms with Crippen LogP contribution in [0.4, 0.5) is 0 Å². The molecule has 0 amide bonds. The maximum Gasteiger partial charge on any atom is 0.161 e. The van der Waals surface area contributed by atoms with E-state index in [0.29, 0.717) is 42.5 Å². The monoisotopic (exact) mass is 448 g/mol. The summed E-state index contributed by atoms with van der Waals surface area (Å²) in [6.07, 6.45) is 4.13. The first-order chi connectivity index (χ1) is 16.6. The summed E-state index contributed by atoms with van der Waals surface area (Å²) >= 11 is 0. The van der Waals surface area contributed by atoms with Crippen molar-refractivity contribution < 1.29 is 9.47 Å². The largest absolute Gasteiger partial charge is 0.490 e. The fraction of sp³-hybridized carbons (Fsp3) is 0.154. The highest BCUT2D eigenvalue weighted by Gasteiger charge is 2.17. The van der Waals surface area contributed by atoms with Gasteiger partial charge >= 0.3 is 0 Å². The van der Waals surface area contributed by atoms with Gasteiger partial charge in [0.25, 0.3) is 0 Å². The normalized spacial score (nSPS) is 12.6. The van der Waals surface area contributed by atoms with Crippen LogP contribution in [0.1, 0.15) is 17.5 Å². The van der Waals surface area contributed by atoms with E-state index in [1.54, 1.807) is 23.0 Å². The molecular formula is C26H20N6O2. The lowest BCUT2D eigenvalue weighted by Crippen LogP contribution is -2.03. The van der Waals surface area contributed by atoms with E-state index in [1.807, 2.05) is 54.6 Å². The Morgan fingerprint density at radius 1 is 1.00 bits per heavy atom. The third-order valence-corrected chi connectivity index (χ3v) is 5.20. The van der Waals surface area contributed by atoms with Gasteiger partial charge in [0.2, 0.25) is 0 Å². The van der Waals surface area contributed by atoms with Crippen molar-refractivity contribution in [1.82, 2.24) is 9.78 Å². The van der Waals surface area contributed by atoms with Gasteiger partial charge in [-0.1, -0.05) is 30.3 Å². The molecule has 8 nitrogen and oxygen atoms in total. The third-order valence-electron chi connectivity index (χ3n) is 5.20. The lowest BCUT2D eigenvalue weighted by Gasteiger charge is -2.09. The fourth-order valence-corrected chi connectivity index (χ4v) is 3.53. The molecule has 0 saturated carbocycles. The summed E-state index contributed by atoms with van der Waals surface area (Å²) in [7, 11) is 0. The average molecular weight is 448 g/mol. The summed E-state index contributed by atoms with van der Waals surface area (Å²) in [4.78, 5) is 0. The van der Waals surface area contributed by atoms with E-state index in [0.717, 1.165) is 17.5 Å². The van der Waals surface area contributed by atoms with Crippen molar-refractivity contribution in [1.29, 1.82) is 15.8 Å². The molecule has 0 spiro atoms. The van der Waals surface area contributed by atoms with Crippen LogP contribution in [0.25, 0.3) is 17.3 Å². The minimum Gasteiger partial charge on any atom is -0.490 e. The number of nitriles is 3. The lowest BCUT2D eigenvalue weighted by atomic mass is 10.0. The maximum atomic E-state index is 9.68. The SMILES string of the molecule is N#CC(C#N)=C(N)/C(C#N)=C\c1cn(Cc2ccccc2)nc1-c1ccc2c(c1)OCCCO2. The molecule has 1 aromatic heterocycles. The van der Waals surface area contributed by atoms with Gasteiger partial charge in [0.05, 0.1) is 36.7 Å². The molecule has 2 heterocycles. The van der Waals surface area contributed by atoms with Crippen LogP contribution in [0.5, 0.6) is 11.5 Å². The number of benzene rings is 2. The van der Waals surface area contributed by atoms with Crippen molar-refractivity contribution in [3.05, 3.63) is 82.7 Å². The maximum absolute atomic E-state index is 9.68. The molecule has 34 heavy (non-hydrogen) atoms. The summed E-state index contributed by atoms with van der Waals surface area (Å²) in [5.74, 6) is 1.29. The molecule has 0 aliphatic carbocycles. The zero-order valence-corrected chi connectivity index (χ0v) is 18.2. The van der Waals surface area contributed by atoms with Crippen LogP contribution in [0.3, 0.4) is 0 Å². The molecule has 2 N–H and O–H groups in total. The van der Waals surface area contributed by atoms with E-state index < -0.39 is 0 Å². The minimum absolute atomic E-state index is 0.00737. The first kappa shape index (κ1) is 22.2. The number of aromatic nitrogens is 2. The smallest absolute Gasteiger partial charge is 0.161 e. The Hall–Kier alpha value is -5.00. The van der Waals surface area contributed by atoms with Crippen LogP contribution < -0.4 is 15.2 Å². The topological polar surface area (TPSA) is 134 Å². The number of rotatable bonds is 5. The predicted octanol–water partition coefficient (Wildman–Crippen LogP) is 3.93. The number of fused-ring (bicyclic) bond motifs is 1. The fourth-order valence-electron chi connectivity index (χ4n) is 3.53. The average Bonchev–Trinajstić information content (AvgIpc) is 3.10. The Balaban J connectivity index is 1.83. The number of ether oxygens (including phenoxy) is 2. The minimum atomic E-state index is -0.318. The molecule has 0 fully saturated rings. The molecular weight excluding hydrogens is 428 g/mol.